The molecule has 0 aromatic heterocycles. The van der Waals surface area contributed by atoms with Gasteiger partial charge >= 0.3 is 6.03 Å². The molecule has 1 N–H and O–H groups in total. The van der Waals surface area contributed by atoms with Gasteiger partial charge in [-0.3, -0.25) is 14.5 Å². The number of benzene rings is 2. The zero-order chi connectivity index (χ0) is 21.6. The zero-order valence-corrected chi connectivity index (χ0v) is 17.2. The summed E-state index contributed by atoms with van der Waals surface area (Å²) in [5.41, 5.74) is 1.72. The summed E-state index contributed by atoms with van der Waals surface area (Å²) < 4.78 is 10.7. The second kappa shape index (κ2) is 7.30. The van der Waals surface area contributed by atoms with Gasteiger partial charge in [0.1, 0.15) is 12.1 Å². The predicted octanol–water partition coefficient (Wildman–Crippen LogP) is 2.16. The molecule has 8 nitrogen and oxygen atoms in total. The molecule has 0 radical (unpaired) electrons. The van der Waals surface area contributed by atoms with E-state index in [0.29, 0.717) is 31.0 Å². The number of urea groups is 1. The molecule has 1 saturated heterocycles. The largest absolute Gasteiger partial charge is 0.454 e. The van der Waals surface area contributed by atoms with E-state index in [2.05, 4.69) is 5.32 Å². The van der Waals surface area contributed by atoms with E-state index in [-0.39, 0.29) is 25.2 Å². The van der Waals surface area contributed by atoms with E-state index in [1.807, 2.05) is 49.4 Å². The summed E-state index contributed by atoms with van der Waals surface area (Å²) in [6.45, 7) is 2.57. The molecule has 1 aliphatic carbocycles. The van der Waals surface area contributed by atoms with Gasteiger partial charge in [0.25, 0.3) is 5.91 Å². The maximum absolute atomic E-state index is 13.3. The molecular formula is C23H23N3O5. The van der Waals surface area contributed by atoms with Crippen molar-refractivity contribution in [2.24, 2.45) is 0 Å². The lowest BCUT2D eigenvalue weighted by Crippen LogP contribution is -2.44. The van der Waals surface area contributed by atoms with E-state index in [9.17, 15) is 14.4 Å². The highest BCUT2D eigenvalue weighted by Crippen LogP contribution is 2.41. The minimum atomic E-state index is -1.05. The first-order chi connectivity index (χ1) is 15.0. The summed E-state index contributed by atoms with van der Waals surface area (Å²) in [7, 11) is 0. The molecule has 1 atom stereocenters. The van der Waals surface area contributed by atoms with Crippen LogP contribution in [-0.2, 0) is 28.1 Å². The molecule has 2 aromatic rings. The van der Waals surface area contributed by atoms with Gasteiger partial charge in [0, 0.05) is 13.1 Å². The van der Waals surface area contributed by atoms with Crippen LogP contribution in [0.2, 0.25) is 0 Å². The number of carbonyl (C=O) groups is 3. The Balaban J connectivity index is 1.31. The molecule has 1 spiro atoms. The number of hydrogen-bond acceptors (Lipinski definition) is 5. The second-order valence-electron chi connectivity index (χ2n) is 7.98. The van der Waals surface area contributed by atoms with Gasteiger partial charge in [0.15, 0.2) is 11.5 Å². The number of nitrogens with zero attached hydrogens (tertiary/aromatic N) is 2. The van der Waals surface area contributed by atoms with Crippen molar-refractivity contribution in [1.82, 2.24) is 15.1 Å². The third kappa shape index (κ3) is 3.10. The first-order valence-corrected chi connectivity index (χ1v) is 10.4. The van der Waals surface area contributed by atoms with Gasteiger partial charge in [-0.15, -0.1) is 0 Å². The fourth-order valence-corrected chi connectivity index (χ4v) is 4.60. The van der Waals surface area contributed by atoms with E-state index in [1.165, 1.54) is 0 Å². The molecule has 2 aliphatic heterocycles. The Morgan fingerprint density at radius 1 is 1.16 bits per heavy atom. The lowest BCUT2D eigenvalue weighted by molar-refractivity contribution is -0.139. The quantitative estimate of drug-likeness (QED) is 0.748. The van der Waals surface area contributed by atoms with Crippen LogP contribution in [0.3, 0.4) is 0 Å². The Bertz CT molecular complexity index is 1080. The summed E-state index contributed by atoms with van der Waals surface area (Å²) in [5.74, 6) is 0.693. The van der Waals surface area contributed by atoms with Gasteiger partial charge < -0.3 is 19.7 Å². The van der Waals surface area contributed by atoms with Crippen LogP contribution in [0.1, 0.15) is 30.0 Å². The molecule has 2 aromatic carbocycles. The number of carbonyl (C=O) groups excluding carboxylic acids is 3. The van der Waals surface area contributed by atoms with Gasteiger partial charge in [-0.2, -0.15) is 0 Å². The van der Waals surface area contributed by atoms with Crippen molar-refractivity contribution in [3.05, 3.63) is 59.2 Å². The molecular weight excluding hydrogens is 398 g/mol. The lowest BCUT2D eigenvalue weighted by atomic mass is 9.92. The third-order valence-electron chi connectivity index (χ3n) is 6.26. The second-order valence-corrected chi connectivity index (χ2v) is 7.98. The number of imide groups is 1. The van der Waals surface area contributed by atoms with E-state index in [1.54, 1.807) is 4.90 Å². The molecule has 0 bridgehead atoms. The van der Waals surface area contributed by atoms with Gasteiger partial charge in [0.05, 0.1) is 0 Å². The van der Waals surface area contributed by atoms with Gasteiger partial charge in [-0.25, -0.2) is 4.79 Å². The minimum absolute atomic E-state index is 0.187. The summed E-state index contributed by atoms with van der Waals surface area (Å²) in [4.78, 5) is 41.6. The first kappa shape index (κ1) is 19.4. The van der Waals surface area contributed by atoms with Gasteiger partial charge in [-0.05, 0) is 48.6 Å². The number of amides is 4. The van der Waals surface area contributed by atoms with Crippen molar-refractivity contribution >= 4 is 17.8 Å². The lowest BCUT2D eigenvalue weighted by Gasteiger charge is -2.25. The molecule has 4 amide bonds. The van der Waals surface area contributed by atoms with E-state index in [0.717, 1.165) is 28.0 Å². The first-order valence-electron chi connectivity index (χ1n) is 10.4. The SMILES string of the molecule is CCN(Cc1ccc2c(c1)OCO2)C(=O)CN1C(=O)N[C@@]2(CCc3ccccc32)C1=O. The van der Waals surface area contributed by atoms with E-state index >= 15 is 0 Å². The van der Waals surface area contributed by atoms with Crippen LogP contribution >= 0.6 is 0 Å². The van der Waals surface area contributed by atoms with Crippen LogP contribution in [-0.4, -0.2) is 47.5 Å². The molecule has 5 rings (SSSR count). The Morgan fingerprint density at radius 3 is 2.81 bits per heavy atom. The predicted molar refractivity (Wildman–Crippen MR) is 110 cm³/mol. The van der Waals surface area contributed by atoms with E-state index < -0.39 is 11.6 Å². The number of ether oxygens (including phenoxy) is 2. The average Bonchev–Trinajstić information content (AvgIpc) is 3.45. The number of fused-ring (bicyclic) bond motifs is 3. The van der Waals surface area contributed by atoms with Crippen molar-refractivity contribution in [1.29, 1.82) is 0 Å². The molecule has 8 heteroatoms. The van der Waals surface area contributed by atoms with Crippen LogP contribution in [0.4, 0.5) is 4.79 Å². The Labute approximate surface area is 179 Å². The van der Waals surface area contributed by atoms with Crippen LogP contribution in [0, 0.1) is 0 Å². The van der Waals surface area contributed by atoms with Crippen molar-refractivity contribution in [3.8, 4) is 11.5 Å². The average molecular weight is 421 g/mol. The smallest absolute Gasteiger partial charge is 0.325 e. The number of hydrogen-bond donors (Lipinski definition) is 1. The molecule has 160 valence electrons. The summed E-state index contributed by atoms with van der Waals surface area (Å²) in [6.07, 6.45) is 1.23. The summed E-state index contributed by atoms with van der Waals surface area (Å²) in [5, 5.41) is 2.86. The maximum atomic E-state index is 13.3. The van der Waals surface area contributed by atoms with Gasteiger partial charge in [0.2, 0.25) is 12.7 Å². The van der Waals surface area contributed by atoms with Crippen molar-refractivity contribution < 1.29 is 23.9 Å². The standard InChI is InChI=1S/C23H23N3O5/c1-2-25(12-15-7-8-18-19(11-15)31-14-30-18)20(27)13-26-21(28)23(24-22(26)29)10-9-16-5-3-4-6-17(16)23/h3-8,11H,2,9-10,12-14H2,1H3,(H,24,29)/t23-/m1/s1. The van der Waals surface area contributed by atoms with Gasteiger partial charge in [-0.1, -0.05) is 30.3 Å². The fourth-order valence-electron chi connectivity index (χ4n) is 4.60. The summed E-state index contributed by atoms with van der Waals surface area (Å²) >= 11 is 0. The monoisotopic (exact) mass is 421 g/mol. The fraction of sp³-hybridized carbons (Fsp3) is 0.348. The Hall–Kier alpha value is -3.55. The third-order valence-corrected chi connectivity index (χ3v) is 6.26. The highest BCUT2D eigenvalue weighted by atomic mass is 16.7. The molecule has 1 fully saturated rings. The van der Waals surface area contributed by atoms with Crippen molar-refractivity contribution in [2.45, 2.75) is 31.8 Å². The molecule has 0 saturated carbocycles. The number of aryl methyl sites for hydroxylation is 1. The zero-order valence-electron chi connectivity index (χ0n) is 17.2. The topological polar surface area (TPSA) is 88.2 Å². The molecule has 0 unspecified atom stereocenters. The number of rotatable bonds is 5. The number of nitrogens with one attached hydrogen (secondary N) is 1. The normalized spacial score (nSPS) is 20.9. The molecule has 31 heavy (non-hydrogen) atoms. The maximum Gasteiger partial charge on any atom is 0.325 e. The van der Waals surface area contributed by atoms with Crippen LogP contribution in [0.15, 0.2) is 42.5 Å². The van der Waals surface area contributed by atoms with Crippen LogP contribution < -0.4 is 14.8 Å². The Morgan fingerprint density at radius 2 is 1.97 bits per heavy atom. The van der Waals surface area contributed by atoms with Crippen molar-refractivity contribution in [2.75, 3.05) is 19.9 Å². The highest BCUT2D eigenvalue weighted by molar-refractivity contribution is 6.09. The molecule has 2 heterocycles. The van der Waals surface area contributed by atoms with Crippen LogP contribution in [0.5, 0.6) is 11.5 Å². The number of likely N-dealkylation sites (N-methyl/N-ethyl adjacent to an activating group) is 1. The highest BCUT2D eigenvalue weighted by Gasteiger charge is 2.55. The van der Waals surface area contributed by atoms with Crippen LogP contribution in [0.25, 0.3) is 0 Å². The summed E-state index contributed by atoms with van der Waals surface area (Å²) in [6, 6.07) is 12.7. The van der Waals surface area contributed by atoms with E-state index in [4.69, 9.17) is 9.47 Å². The Kier molecular flexibility index (Phi) is 4.57. The minimum Gasteiger partial charge on any atom is -0.454 e. The van der Waals surface area contributed by atoms with Crippen molar-refractivity contribution in [3.63, 3.8) is 0 Å². The molecule has 3 aliphatic rings.